The zero-order valence-corrected chi connectivity index (χ0v) is 10.1. The smallest absolute Gasteiger partial charge is 0.0174 e. The van der Waals surface area contributed by atoms with Gasteiger partial charge in [0.2, 0.25) is 0 Å². The molecule has 1 aromatic rings. The van der Waals surface area contributed by atoms with Gasteiger partial charge in [-0.3, -0.25) is 0 Å². The van der Waals surface area contributed by atoms with Gasteiger partial charge in [0.25, 0.3) is 0 Å². The maximum Gasteiger partial charge on any atom is 0.0174 e. The summed E-state index contributed by atoms with van der Waals surface area (Å²) in [6.07, 6.45) is 4.47. The number of rotatable bonds is 5. The van der Waals surface area contributed by atoms with E-state index >= 15 is 0 Å². The average molecular weight is 215 g/mol. The van der Waals surface area contributed by atoms with Crippen LogP contribution in [0, 0.1) is 0 Å². The molecule has 86 valence electrons. The fraction of sp³-hybridized carbons (Fsp3) is 0.467. The second-order valence-electron chi connectivity index (χ2n) is 4.94. The van der Waals surface area contributed by atoms with Gasteiger partial charge in [-0.1, -0.05) is 49.4 Å². The zero-order valence-electron chi connectivity index (χ0n) is 10.1. The summed E-state index contributed by atoms with van der Waals surface area (Å²) < 4.78 is 0. The Kier molecular flexibility index (Phi) is 3.15. The normalized spacial score (nSPS) is 19.1. The molecule has 1 saturated carbocycles. The third-order valence-corrected chi connectivity index (χ3v) is 3.86. The van der Waals surface area contributed by atoms with Gasteiger partial charge in [-0.05, 0) is 31.2 Å². The summed E-state index contributed by atoms with van der Waals surface area (Å²) in [6, 6.07) is 10.9. The lowest BCUT2D eigenvalue weighted by Gasteiger charge is -2.24. The van der Waals surface area contributed by atoms with E-state index < -0.39 is 0 Å². The van der Waals surface area contributed by atoms with E-state index in [0.29, 0.717) is 0 Å². The van der Waals surface area contributed by atoms with Gasteiger partial charge < -0.3 is 5.73 Å². The monoisotopic (exact) mass is 215 g/mol. The molecule has 0 amide bonds. The van der Waals surface area contributed by atoms with Gasteiger partial charge in [0, 0.05) is 11.5 Å². The van der Waals surface area contributed by atoms with Crippen molar-refractivity contribution in [1.82, 2.24) is 0 Å². The molecule has 1 fully saturated rings. The third kappa shape index (κ3) is 2.05. The molecule has 1 heteroatoms. The molecule has 1 aliphatic rings. The fourth-order valence-electron chi connectivity index (χ4n) is 2.43. The first-order valence-electron chi connectivity index (χ1n) is 6.17. The Morgan fingerprint density at radius 2 is 2.00 bits per heavy atom. The van der Waals surface area contributed by atoms with Gasteiger partial charge in [-0.15, -0.1) is 0 Å². The van der Waals surface area contributed by atoms with Gasteiger partial charge in [0.15, 0.2) is 0 Å². The average Bonchev–Trinajstić information content (AvgIpc) is 3.11. The van der Waals surface area contributed by atoms with Crippen LogP contribution >= 0.6 is 0 Å². The van der Waals surface area contributed by atoms with E-state index in [2.05, 4.69) is 43.8 Å². The van der Waals surface area contributed by atoms with E-state index in [1.54, 1.807) is 0 Å². The second-order valence-corrected chi connectivity index (χ2v) is 4.94. The first kappa shape index (κ1) is 11.4. The van der Waals surface area contributed by atoms with E-state index in [1.165, 1.54) is 24.0 Å². The minimum absolute atomic E-state index is 0.238. The Morgan fingerprint density at radius 3 is 2.50 bits per heavy atom. The van der Waals surface area contributed by atoms with Crippen molar-refractivity contribution in [3.05, 3.63) is 48.0 Å². The van der Waals surface area contributed by atoms with E-state index in [4.69, 9.17) is 5.73 Å². The molecular formula is C15H21N. The maximum atomic E-state index is 6.36. The molecule has 1 unspecified atom stereocenters. The lowest BCUT2D eigenvalue weighted by Crippen LogP contribution is -2.35. The Hall–Kier alpha value is -1.08. The van der Waals surface area contributed by atoms with E-state index in [9.17, 15) is 0 Å². The highest BCUT2D eigenvalue weighted by Gasteiger charge is 2.48. The molecule has 1 aliphatic carbocycles. The van der Waals surface area contributed by atoms with Crippen molar-refractivity contribution in [1.29, 1.82) is 0 Å². The van der Waals surface area contributed by atoms with Crippen LogP contribution < -0.4 is 5.73 Å². The van der Waals surface area contributed by atoms with Crippen molar-refractivity contribution in [3.63, 3.8) is 0 Å². The number of benzene rings is 1. The van der Waals surface area contributed by atoms with Gasteiger partial charge in [0.05, 0.1) is 0 Å². The summed E-state index contributed by atoms with van der Waals surface area (Å²) in [5.41, 5.74) is 9.29. The topological polar surface area (TPSA) is 26.0 Å². The van der Waals surface area contributed by atoms with Crippen LogP contribution in [0.5, 0.6) is 0 Å². The lowest BCUT2D eigenvalue weighted by atomic mass is 9.85. The van der Waals surface area contributed by atoms with E-state index in [1.807, 2.05) is 0 Å². The third-order valence-electron chi connectivity index (χ3n) is 3.86. The molecule has 0 aromatic heterocycles. The molecule has 2 N–H and O–H groups in total. The molecule has 1 atom stereocenters. The maximum absolute atomic E-state index is 6.36. The van der Waals surface area contributed by atoms with Crippen LogP contribution in [0.15, 0.2) is 42.5 Å². The van der Waals surface area contributed by atoms with Crippen molar-refractivity contribution in [2.24, 2.45) is 5.73 Å². The molecule has 0 aliphatic heterocycles. The standard InChI is InChI=1S/C15H21N/c1-3-12(2)11-14(16)15(9-10-15)13-7-5-4-6-8-13/h4-8,14H,2-3,9-11,16H2,1H3. The summed E-state index contributed by atoms with van der Waals surface area (Å²) in [5, 5.41) is 0. The molecule has 0 heterocycles. The molecule has 0 spiro atoms. The van der Waals surface area contributed by atoms with Crippen molar-refractivity contribution in [3.8, 4) is 0 Å². The van der Waals surface area contributed by atoms with E-state index in [0.717, 1.165) is 12.8 Å². The molecule has 0 bridgehead atoms. The van der Waals surface area contributed by atoms with Crippen LogP contribution in [0.25, 0.3) is 0 Å². The number of nitrogens with two attached hydrogens (primary N) is 1. The Morgan fingerprint density at radius 1 is 1.38 bits per heavy atom. The summed E-state index contributed by atoms with van der Waals surface area (Å²) >= 11 is 0. The summed E-state index contributed by atoms with van der Waals surface area (Å²) in [4.78, 5) is 0. The van der Waals surface area contributed by atoms with Crippen LogP contribution in [-0.4, -0.2) is 6.04 Å². The first-order chi connectivity index (χ1) is 7.69. The van der Waals surface area contributed by atoms with Gasteiger partial charge in [0.1, 0.15) is 0 Å². The van der Waals surface area contributed by atoms with Crippen LogP contribution in [0.4, 0.5) is 0 Å². The van der Waals surface area contributed by atoms with Crippen molar-refractivity contribution < 1.29 is 0 Å². The zero-order chi connectivity index (χ0) is 11.6. The highest BCUT2D eigenvalue weighted by atomic mass is 14.7. The molecular weight excluding hydrogens is 194 g/mol. The van der Waals surface area contributed by atoms with E-state index in [-0.39, 0.29) is 11.5 Å². The van der Waals surface area contributed by atoms with Gasteiger partial charge >= 0.3 is 0 Å². The summed E-state index contributed by atoms with van der Waals surface area (Å²) in [6.45, 7) is 6.22. The van der Waals surface area contributed by atoms with Crippen LogP contribution in [0.2, 0.25) is 0 Å². The second kappa shape index (κ2) is 4.42. The molecule has 0 radical (unpaired) electrons. The Labute approximate surface area is 98.4 Å². The van der Waals surface area contributed by atoms with Crippen molar-refractivity contribution in [2.45, 2.75) is 44.1 Å². The number of hydrogen-bond donors (Lipinski definition) is 1. The minimum atomic E-state index is 0.238. The fourth-order valence-corrected chi connectivity index (χ4v) is 2.43. The van der Waals surface area contributed by atoms with Crippen molar-refractivity contribution >= 4 is 0 Å². The summed E-state index contributed by atoms with van der Waals surface area (Å²) in [5.74, 6) is 0. The number of hydrogen-bond acceptors (Lipinski definition) is 1. The summed E-state index contributed by atoms with van der Waals surface area (Å²) in [7, 11) is 0. The van der Waals surface area contributed by atoms with Crippen LogP contribution in [0.1, 0.15) is 38.2 Å². The molecule has 16 heavy (non-hydrogen) atoms. The Balaban J connectivity index is 2.11. The predicted molar refractivity (Wildman–Crippen MR) is 69.4 cm³/mol. The predicted octanol–water partition coefficient (Wildman–Crippen LogP) is 3.40. The largest absolute Gasteiger partial charge is 0.327 e. The first-order valence-corrected chi connectivity index (χ1v) is 6.17. The van der Waals surface area contributed by atoms with Crippen molar-refractivity contribution in [2.75, 3.05) is 0 Å². The Bertz CT molecular complexity index is 362. The molecule has 1 nitrogen and oxygen atoms in total. The highest BCUT2D eigenvalue weighted by molar-refractivity contribution is 5.34. The van der Waals surface area contributed by atoms with Gasteiger partial charge in [-0.25, -0.2) is 0 Å². The van der Waals surface area contributed by atoms with Crippen LogP contribution in [0.3, 0.4) is 0 Å². The highest BCUT2D eigenvalue weighted by Crippen LogP contribution is 2.51. The minimum Gasteiger partial charge on any atom is -0.327 e. The SMILES string of the molecule is C=C(CC)CC(N)C1(c2ccccc2)CC1. The molecule has 1 aromatic carbocycles. The quantitative estimate of drug-likeness (QED) is 0.748. The lowest BCUT2D eigenvalue weighted by molar-refractivity contribution is 0.509. The van der Waals surface area contributed by atoms with Crippen LogP contribution in [-0.2, 0) is 5.41 Å². The molecule has 2 rings (SSSR count). The van der Waals surface area contributed by atoms with Gasteiger partial charge in [-0.2, -0.15) is 0 Å². The molecule has 0 saturated heterocycles.